The van der Waals surface area contributed by atoms with Gasteiger partial charge in [0.1, 0.15) is 11.9 Å². The predicted octanol–water partition coefficient (Wildman–Crippen LogP) is 4.11. The largest absolute Gasteiger partial charge is 0.362 e. The van der Waals surface area contributed by atoms with Crippen LogP contribution in [0.15, 0.2) is 36.4 Å². The van der Waals surface area contributed by atoms with E-state index in [9.17, 15) is 0 Å². The summed E-state index contributed by atoms with van der Waals surface area (Å²) in [5.74, 6) is 1.10. The summed E-state index contributed by atoms with van der Waals surface area (Å²) in [4.78, 5) is 0. The molecule has 2 rings (SSSR count). The average Bonchev–Trinajstić information content (AvgIpc) is 2.54. The lowest BCUT2D eigenvalue weighted by atomic mass is 9.94. The Morgan fingerprint density at radius 1 is 1.09 bits per heavy atom. The van der Waals surface area contributed by atoms with Crippen LogP contribution in [0.2, 0.25) is 0 Å². The first-order valence-corrected chi connectivity index (χ1v) is 7.73. The molecule has 1 atom stereocenters. The SMILES string of the molecule is CCCc1ccc(C(Nc2ccc(C#N)nn2)C(C)C)cc1. The lowest BCUT2D eigenvalue weighted by molar-refractivity contribution is 0.544. The molecule has 0 aliphatic carbocycles. The molecule has 0 saturated heterocycles. The standard InChI is InChI=1S/C18H22N4/c1-4-5-14-6-8-15(9-7-14)18(13(2)3)20-17-11-10-16(12-19)21-22-17/h6-11,13,18H,4-5H2,1-3H3,(H,20,22). The highest BCUT2D eigenvalue weighted by molar-refractivity contribution is 5.39. The van der Waals surface area contributed by atoms with Gasteiger partial charge in [-0.05, 0) is 35.6 Å². The minimum atomic E-state index is 0.165. The Morgan fingerprint density at radius 2 is 1.82 bits per heavy atom. The molecule has 4 nitrogen and oxygen atoms in total. The van der Waals surface area contributed by atoms with Crippen molar-refractivity contribution in [1.82, 2.24) is 10.2 Å². The third-order valence-corrected chi connectivity index (χ3v) is 3.63. The number of hydrogen-bond donors (Lipinski definition) is 1. The highest BCUT2D eigenvalue weighted by Crippen LogP contribution is 2.26. The van der Waals surface area contributed by atoms with Gasteiger partial charge >= 0.3 is 0 Å². The van der Waals surface area contributed by atoms with Crippen molar-refractivity contribution in [2.45, 2.75) is 39.7 Å². The number of anilines is 1. The van der Waals surface area contributed by atoms with Crippen LogP contribution >= 0.6 is 0 Å². The van der Waals surface area contributed by atoms with Crippen molar-refractivity contribution in [3.63, 3.8) is 0 Å². The molecule has 1 heterocycles. The van der Waals surface area contributed by atoms with Gasteiger partial charge in [0.15, 0.2) is 5.69 Å². The summed E-state index contributed by atoms with van der Waals surface area (Å²) in [6, 6.07) is 14.4. The molecule has 0 aliphatic rings. The van der Waals surface area contributed by atoms with E-state index in [1.807, 2.05) is 6.07 Å². The van der Waals surface area contributed by atoms with Gasteiger partial charge in [0.25, 0.3) is 0 Å². The van der Waals surface area contributed by atoms with E-state index in [1.54, 1.807) is 12.1 Å². The van der Waals surface area contributed by atoms with Crippen molar-refractivity contribution in [1.29, 1.82) is 5.26 Å². The van der Waals surface area contributed by atoms with E-state index in [4.69, 9.17) is 5.26 Å². The van der Waals surface area contributed by atoms with E-state index in [1.165, 1.54) is 11.1 Å². The number of nitriles is 1. The molecule has 1 aromatic heterocycles. The highest BCUT2D eigenvalue weighted by Gasteiger charge is 2.16. The number of rotatable bonds is 6. The van der Waals surface area contributed by atoms with E-state index < -0.39 is 0 Å². The van der Waals surface area contributed by atoms with Crippen molar-refractivity contribution < 1.29 is 0 Å². The molecule has 0 fully saturated rings. The second-order valence-electron chi connectivity index (χ2n) is 5.77. The van der Waals surface area contributed by atoms with E-state index >= 15 is 0 Å². The van der Waals surface area contributed by atoms with Crippen molar-refractivity contribution >= 4 is 5.82 Å². The van der Waals surface area contributed by atoms with Crippen molar-refractivity contribution in [3.8, 4) is 6.07 Å². The molecule has 1 aromatic carbocycles. The summed E-state index contributed by atoms with van der Waals surface area (Å²) >= 11 is 0. The molecule has 22 heavy (non-hydrogen) atoms. The first-order valence-electron chi connectivity index (χ1n) is 7.73. The monoisotopic (exact) mass is 294 g/mol. The molecule has 4 heteroatoms. The maximum absolute atomic E-state index is 8.77. The Bertz CT molecular complexity index is 624. The molecule has 0 radical (unpaired) electrons. The summed E-state index contributed by atoms with van der Waals surface area (Å²) in [6.45, 7) is 6.54. The van der Waals surface area contributed by atoms with Crippen LogP contribution < -0.4 is 5.32 Å². The van der Waals surface area contributed by atoms with Crippen molar-refractivity contribution in [2.75, 3.05) is 5.32 Å². The van der Waals surface area contributed by atoms with Crippen LogP contribution in [-0.2, 0) is 6.42 Å². The smallest absolute Gasteiger partial charge is 0.163 e. The zero-order valence-electron chi connectivity index (χ0n) is 13.4. The minimum Gasteiger partial charge on any atom is -0.362 e. The Labute approximate surface area is 132 Å². The zero-order valence-corrected chi connectivity index (χ0v) is 13.4. The molecule has 1 N–H and O–H groups in total. The van der Waals surface area contributed by atoms with Crippen LogP contribution in [0, 0.1) is 17.2 Å². The molecule has 0 saturated carbocycles. The van der Waals surface area contributed by atoms with Gasteiger partial charge < -0.3 is 5.32 Å². The van der Waals surface area contributed by atoms with Crippen LogP contribution in [0.3, 0.4) is 0 Å². The zero-order chi connectivity index (χ0) is 15.9. The summed E-state index contributed by atoms with van der Waals surface area (Å²) in [7, 11) is 0. The number of aromatic nitrogens is 2. The minimum absolute atomic E-state index is 0.165. The van der Waals surface area contributed by atoms with Gasteiger partial charge in [-0.15, -0.1) is 10.2 Å². The molecule has 0 amide bonds. The summed E-state index contributed by atoms with van der Waals surface area (Å²) in [5, 5.41) is 20.1. The van der Waals surface area contributed by atoms with E-state index in [-0.39, 0.29) is 6.04 Å². The number of aryl methyl sites for hydroxylation is 1. The van der Waals surface area contributed by atoms with Crippen LogP contribution in [0.5, 0.6) is 0 Å². The Kier molecular flexibility index (Phi) is 5.48. The van der Waals surface area contributed by atoms with Gasteiger partial charge in [0.05, 0.1) is 6.04 Å². The van der Waals surface area contributed by atoms with E-state index in [0.29, 0.717) is 17.4 Å². The molecule has 2 aromatic rings. The number of hydrogen-bond acceptors (Lipinski definition) is 4. The first-order chi connectivity index (χ1) is 10.6. The third kappa shape index (κ3) is 4.05. The van der Waals surface area contributed by atoms with Gasteiger partial charge in [0, 0.05) is 0 Å². The third-order valence-electron chi connectivity index (χ3n) is 3.63. The second kappa shape index (κ2) is 7.56. The molecule has 0 spiro atoms. The fourth-order valence-electron chi connectivity index (χ4n) is 2.44. The van der Waals surface area contributed by atoms with Gasteiger partial charge in [-0.1, -0.05) is 51.5 Å². The normalized spacial score (nSPS) is 12.0. The lowest BCUT2D eigenvalue weighted by Crippen LogP contribution is -2.18. The second-order valence-corrected chi connectivity index (χ2v) is 5.77. The molecule has 0 bridgehead atoms. The molecule has 0 aliphatic heterocycles. The van der Waals surface area contributed by atoms with Crippen LogP contribution in [0.4, 0.5) is 5.82 Å². The van der Waals surface area contributed by atoms with Crippen LogP contribution in [0.1, 0.15) is 50.1 Å². The molecule has 1 unspecified atom stereocenters. The Morgan fingerprint density at radius 3 is 2.32 bits per heavy atom. The fraction of sp³-hybridized carbons (Fsp3) is 0.389. The number of benzene rings is 1. The van der Waals surface area contributed by atoms with Crippen molar-refractivity contribution in [2.24, 2.45) is 5.92 Å². The summed E-state index contributed by atoms with van der Waals surface area (Å²) in [5.41, 5.74) is 2.93. The van der Waals surface area contributed by atoms with E-state index in [2.05, 4.69) is 60.6 Å². The first kappa shape index (κ1) is 16.0. The number of nitrogens with zero attached hydrogens (tertiary/aromatic N) is 3. The summed E-state index contributed by atoms with van der Waals surface area (Å²) in [6.07, 6.45) is 2.27. The van der Waals surface area contributed by atoms with Gasteiger partial charge in [0.2, 0.25) is 0 Å². The molecule has 114 valence electrons. The lowest BCUT2D eigenvalue weighted by Gasteiger charge is -2.23. The van der Waals surface area contributed by atoms with Gasteiger partial charge in [-0.2, -0.15) is 5.26 Å². The van der Waals surface area contributed by atoms with Gasteiger partial charge in [-0.3, -0.25) is 0 Å². The maximum atomic E-state index is 8.77. The maximum Gasteiger partial charge on any atom is 0.163 e. The molecular formula is C18H22N4. The van der Waals surface area contributed by atoms with E-state index in [0.717, 1.165) is 12.8 Å². The quantitative estimate of drug-likeness (QED) is 0.871. The van der Waals surface area contributed by atoms with Crippen LogP contribution in [-0.4, -0.2) is 10.2 Å². The fourth-order valence-corrected chi connectivity index (χ4v) is 2.44. The van der Waals surface area contributed by atoms with Gasteiger partial charge in [-0.25, -0.2) is 0 Å². The topological polar surface area (TPSA) is 61.6 Å². The summed E-state index contributed by atoms with van der Waals surface area (Å²) < 4.78 is 0. The van der Waals surface area contributed by atoms with Crippen LogP contribution in [0.25, 0.3) is 0 Å². The average molecular weight is 294 g/mol. The molecular weight excluding hydrogens is 272 g/mol. The van der Waals surface area contributed by atoms with Crippen molar-refractivity contribution in [3.05, 3.63) is 53.2 Å². The Hall–Kier alpha value is -2.41. The Balaban J connectivity index is 2.16. The highest BCUT2D eigenvalue weighted by atomic mass is 15.2. The number of nitrogens with one attached hydrogen (secondary N) is 1. The predicted molar refractivity (Wildman–Crippen MR) is 88.4 cm³/mol.